The molecule has 106 valence electrons. The number of aromatic nitrogens is 2. The summed E-state index contributed by atoms with van der Waals surface area (Å²) >= 11 is 0. The van der Waals surface area contributed by atoms with Crippen LogP contribution in [0.25, 0.3) is 11.2 Å². The lowest BCUT2D eigenvalue weighted by Crippen LogP contribution is -2.35. The van der Waals surface area contributed by atoms with Crippen LogP contribution in [0, 0.1) is 6.92 Å². The van der Waals surface area contributed by atoms with Crippen LogP contribution in [-0.4, -0.2) is 28.5 Å². The second-order valence-corrected chi connectivity index (χ2v) is 5.72. The first-order valence-electron chi connectivity index (χ1n) is 7.26. The van der Waals surface area contributed by atoms with E-state index in [0.717, 1.165) is 48.5 Å². The van der Waals surface area contributed by atoms with E-state index in [1.54, 1.807) is 0 Å². The number of hydrogen-bond acceptors (Lipinski definition) is 3. The van der Waals surface area contributed by atoms with Crippen LogP contribution in [0.4, 0.5) is 5.69 Å². The Morgan fingerprint density at radius 2 is 2.20 bits per heavy atom. The summed E-state index contributed by atoms with van der Waals surface area (Å²) in [6, 6.07) is 2.72. The van der Waals surface area contributed by atoms with Gasteiger partial charge in [0.15, 0.2) is 5.65 Å². The Labute approximate surface area is 119 Å². The number of allylic oxidation sites excluding steroid dienone is 1. The van der Waals surface area contributed by atoms with Crippen LogP contribution in [0.1, 0.15) is 31.0 Å². The molecule has 2 N–H and O–H groups in total. The maximum atomic E-state index is 4.57. The molecule has 1 fully saturated rings. The molecule has 0 unspecified atom stereocenters. The maximum absolute atomic E-state index is 4.57. The predicted molar refractivity (Wildman–Crippen MR) is 84.2 cm³/mol. The van der Waals surface area contributed by atoms with Gasteiger partial charge >= 0.3 is 0 Å². The van der Waals surface area contributed by atoms with Crippen molar-refractivity contribution in [2.24, 2.45) is 0 Å². The molecule has 3 heterocycles. The fourth-order valence-corrected chi connectivity index (χ4v) is 2.83. The van der Waals surface area contributed by atoms with Gasteiger partial charge in [0.2, 0.25) is 0 Å². The number of anilines is 1. The number of rotatable bonds is 3. The number of nitrogens with zero attached hydrogens (tertiary/aromatic N) is 2. The first-order chi connectivity index (χ1) is 9.65. The van der Waals surface area contributed by atoms with Crippen LogP contribution >= 0.6 is 0 Å². The number of pyridine rings is 1. The second-order valence-electron chi connectivity index (χ2n) is 5.72. The van der Waals surface area contributed by atoms with Crippen molar-refractivity contribution in [1.29, 1.82) is 0 Å². The Kier molecular flexibility index (Phi) is 3.49. The van der Waals surface area contributed by atoms with Crippen molar-refractivity contribution in [1.82, 2.24) is 14.7 Å². The fourth-order valence-electron chi connectivity index (χ4n) is 2.83. The molecule has 0 aromatic carbocycles. The summed E-state index contributed by atoms with van der Waals surface area (Å²) in [7, 11) is 0. The predicted octanol–water partition coefficient (Wildman–Crippen LogP) is 2.84. The van der Waals surface area contributed by atoms with Crippen LogP contribution in [0.2, 0.25) is 0 Å². The minimum atomic E-state index is 0.534. The van der Waals surface area contributed by atoms with Crippen molar-refractivity contribution in [3.63, 3.8) is 0 Å². The quantitative estimate of drug-likeness (QED) is 0.901. The Morgan fingerprint density at radius 3 is 2.90 bits per heavy atom. The largest absolute Gasteiger partial charge is 0.379 e. The molecular weight excluding hydrogens is 248 g/mol. The molecule has 1 aliphatic rings. The highest BCUT2D eigenvalue weighted by atomic mass is 15.1. The molecule has 0 atom stereocenters. The average Bonchev–Trinajstić information content (AvgIpc) is 2.83. The van der Waals surface area contributed by atoms with Gasteiger partial charge in [-0.2, -0.15) is 0 Å². The molecule has 0 bridgehead atoms. The van der Waals surface area contributed by atoms with Crippen LogP contribution < -0.4 is 10.6 Å². The third-order valence-corrected chi connectivity index (χ3v) is 3.88. The lowest BCUT2D eigenvalue weighted by atomic mass is 10.1. The van der Waals surface area contributed by atoms with E-state index in [1.165, 1.54) is 5.56 Å². The molecule has 0 aliphatic carbocycles. The zero-order valence-corrected chi connectivity index (χ0v) is 12.2. The minimum absolute atomic E-state index is 0.534. The third kappa shape index (κ3) is 2.43. The summed E-state index contributed by atoms with van der Waals surface area (Å²) < 4.78 is 2.14. The Morgan fingerprint density at radius 1 is 1.45 bits per heavy atom. The number of hydrogen-bond donors (Lipinski definition) is 2. The summed E-state index contributed by atoms with van der Waals surface area (Å²) in [5, 5.41) is 7.06. The number of piperidine rings is 1. The van der Waals surface area contributed by atoms with Gasteiger partial charge in [-0.15, -0.1) is 0 Å². The Bertz CT molecular complexity index is 635. The highest BCUT2D eigenvalue weighted by Crippen LogP contribution is 2.24. The first kappa shape index (κ1) is 13.2. The molecule has 3 rings (SSSR count). The summed E-state index contributed by atoms with van der Waals surface area (Å²) in [6.45, 7) is 10.4. The van der Waals surface area contributed by atoms with Crippen molar-refractivity contribution in [3.8, 4) is 0 Å². The van der Waals surface area contributed by atoms with Gasteiger partial charge in [-0.25, -0.2) is 4.98 Å². The van der Waals surface area contributed by atoms with Gasteiger partial charge < -0.3 is 10.6 Å². The molecule has 1 aliphatic heterocycles. The fraction of sp³-hybridized carbons (Fsp3) is 0.438. The standard InChI is InChI=1S/C16H22N4/c1-11(2)15-9-18-16-14(8-12(3)10-20(15)16)19-13-4-6-17-7-5-13/h8-10,13,17,19H,1,4-7H2,2-3H3. The Hall–Kier alpha value is -1.81. The van der Waals surface area contributed by atoms with Gasteiger partial charge in [-0.1, -0.05) is 6.58 Å². The molecule has 1 saturated heterocycles. The van der Waals surface area contributed by atoms with Crippen LogP contribution in [0.15, 0.2) is 25.0 Å². The van der Waals surface area contributed by atoms with Crippen molar-refractivity contribution < 1.29 is 0 Å². The molecule has 2 aromatic heterocycles. The molecular formula is C16H22N4. The molecule has 20 heavy (non-hydrogen) atoms. The van der Waals surface area contributed by atoms with E-state index in [0.29, 0.717) is 6.04 Å². The topological polar surface area (TPSA) is 41.4 Å². The molecule has 4 nitrogen and oxygen atoms in total. The minimum Gasteiger partial charge on any atom is -0.379 e. The lowest BCUT2D eigenvalue weighted by molar-refractivity contribution is 0.479. The molecule has 0 spiro atoms. The van der Waals surface area contributed by atoms with E-state index in [2.05, 4.69) is 45.8 Å². The van der Waals surface area contributed by atoms with E-state index in [1.807, 2.05) is 13.1 Å². The van der Waals surface area contributed by atoms with E-state index in [4.69, 9.17) is 0 Å². The second kappa shape index (κ2) is 5.29. The molecule has 0 radical (unpaired) electrons. The van der Waals surface area contributed by atoms with Crippen molar-refractivity contribution in [3.05, 3.63) is 36.3 Å². The van der Waals surface area contributed by atoms with Crippen LogP contribution in [-0.2, 0) is 0 Å². The third-order valence-electron chi connectivity index (χ3n) is 3.88. The van der Waals surface area contributed by atoms with E-state index >= 15 is 0 Å². The number of fused-ring (bicyclic) bond motifs is 1. The maximum Gasteiger partial charge on any atom is 0.160 e. The van der Waals surface area contributed by atoms with Crippen molar-refractivity contribution in [2.45, 2.75) is 32.7 Å². The number of imidazole rings is 1. The number of nitrogens with one attached hydrogen (secondary N) is 2. The molecule has 4 heteroatoms. The molecule has 0 saturated carbocycles. The lowest BCUT2D eigenvalue weighted by Gasteiger charge is -2.25. The van der Waals surface area contributed by atoms with E-state index in [9.17, 15) is 0 Å². The zero-order chi connectivity index (χ0) is 14.1. The van der Waals surface area contributed by atoms with Gasteiger partial charge in [0.1, 0.15) is 0 Å². The Balaban J connectivity index is 1.99. The van der Waals surface area contributed by atoms with E-state index in [-0.39, 0.29) is 0 Å². The molecule has 2 aromatic rings. The van der Waals surface area contributed by atoms with E-state index < -0.39 is 0 Å². The van der Waals surface area contributed by atoms with Gasteiger partial charge in [0.05, 0.1) is 17.6 Å². The van der Waals surface area contributed by atoms with Gasteiger partial charge in [0.25, 0.3) is 0 Å². The summed E-state index contributed by atoms with van der Waals surface area (Å²) in [5.41, 5.74) is 5.47. The SMILES string of the molecule is C=C(C)c1cnc2c(NC3CCNCC3)cc(C)cn12. The van der Waals surface area contributed by atoms with Crippen molar-refractivity contribution in [2.75, 3.05) is 18.4 Å². The first-order valence-corrected chi connectivity index (χ1v) is 7.26. The van der Waals surface area contributed by atoms with Gasteiger partial charge in [-0.05, 0) is 57.0 Å². The van der Waals surface area contributed by atoms with Gasteiger partial charge in [-0.3, -0.25) is 4.40 Å². The monoisotopic (exact) mass is 270 g/mol. The molecule has 0 amide bonds. The summed E-state index contributed by atoms with van der Waals surface area (Å²) in [6.07, 6.45) is 6.35. The number of aryl methyl sites for hydroxylation is 1. The zero-order valence-electron chi connectivity index (χ0n) is 12.2. The summed E-state index contributed by atoms with van der Waals surface area (Å²) in [4.78, 5) is 4.57. The highest BCUT2D eigenvalue weighted by molar-refractivity contribution is 5.73. The smallest absolute Gasteiger partial charge is 0.160 e. The van der Waals surface area contributed by atoms with Gasteiger partial charge in [0, 0.05) is 12.2 Å². The highest BCUT2D eigenvalue weighted by Gasteiger charge is 2.15. The normalized spacial score (nSPS) is 16.5. The van der Waals surface area contributed by atoms with Crippen molar-refractivity contribution >= 4 is 16.9 Å². The summed E-state index contributed by atoms with van der Waals surface area (Å²) in [5.74, 6) is 0. The van der Waals surface area contributed by atoms with Crippen LogP contribution in [0.5, 0.6) is 0 Å². The van der Waals surface area contributed by atoms with Crippen LogP contribution in [0.3, 0.4) is 0 Å². The average molecular weight is 270 g/mol.